The number of rotatable bonds is 5. The number of methoxy groups -OCH3 is 1. The average molecular weight is 480 g/mol. The van der Waals surface area contributed by atoms with Gasteiger partial charge in [0.25, 0.3) is 5.91 Å². The van der Waals surface area contributed by atoms with Crippen molar-refractivity contribution in [3.63, 3.8) is 0 Å². The zero-order valence-corrected chi connectivity index (χ0v) is 19.3. The molecule has 0 bridgehead atoms. The molecule has 170 valence electrons. The molecule has 0 saturated heterocycles. The number of aryl methyl sites for hydroxylation is 1. The van der Waals surface area contributed by atoms with Crippen LogP contribution in [0.4, 0.5) is 4.39 Å². The van der Waals surface area contributed by atoms with Crippen LogP contribution in [0.1, 0.15) is 32.7 Å². The van der Waals surface area contributed by atoms with Gasteiger partial charge >= 0.3 is 0 Å². The lowest BCUT2D eigenvalue weighted by atomic mass is 10.1. The number of fused-ring (bicyclic) bond motifs is 1. The minimum Gasteiger partial charge on any atom is -0.493 e. The fourth-order valence-electron chi connectivity index (χ4n) is 3.49. The number of ether oxygens (including phenoxy) is 2. The molecule has 0 saturated carbocycles. The molecular formula is C23H24Cl2FN3O3. The Morgan fingerprint density at radius 3 is 2.47 bits per heavy atom. The van der Waals surface area contributed by atoms with Crippen LogP contribution >= 0.6 is 24.8 Å². The molecule has 32 heavy (non-hydrogen) atoms. The van der Waals surface area contributed by atoms with Crippen molar-refractivity contribution in [2.24, 2.45) is 5.73 Å². The molecule has 1 aliphatic heterocycles. The molecule has 0 aliphatic carbocycles. The van der Waals surface area contributed by atoms with E-state index in [2.05, 4.69) is 4.98 Å². The second-order valence-electron chi connectivity index (χ2n) is 7.19. The zero-order valence-electron chi connectivity index (χ0n) is 17.6. The summed E-state index contributed by atoms with van der Waals surface area (Å²) in [5, 5.41) is 0. The van der Waals surface area contributed by atoms with Crippen LogP contribution in [0.5, 0.6) is 17.2 Å². The van der Waals surface area contributed by atoms with Crippen LogP contribution < -0.4 is 15.2 Å². The number of nitrogens with two attached hydrogens (primary N) is 1. The van der Waals surface area contributed by atoms with Crippen LogP contribution in [0.3, 0.4) is 0 Å². The summed E-state index contributed by atoms with van der Waals surface area (Å²) >= 11 is 0. The monoisotopic (exact) mass is 479 g/mol. The molecule has 1 amide bonds. The third-order valence-electron chi connectivity index (χ3n) is 5.09. The van der Waals surface area contributed by atoms with E-state index >= 15 is 0 Å². The summed E-state index contributed by atoms with van der Waals surface area (Å²) < 4.78 is 25.4. The van der Waals surface area contributed by atoms with E-state index in [9.17, 15) is 9.18 Å². The van der Waals surface area contributed by atoms with Crippen LogP contribution in [0.2, 0.25) is 0 Å². The van der Waals surface area contributed by atoms with Gasteiger partial charge in [-0.3, -0.25) is 9.78 Å². The van der Waals surface area contributed by atoms with Crippen LogP contribution in [0, 0.1) is 12.7 Å². The SMILES string of the molecule is COc1ccc(C(=O)N2Cc3cnc(C)cc3C2)cc1Oc1ccc(CN)cc1F.Cl.Cl. The van der Waals surface area contributed by atoms with E-state index in [0.29, 0.717) is 30.0 Å². The second-order valence-corrected chi connectivity index (χ2v) is 7.19. The summed E-state index contributed by atoms with van der Waals surface area (Å²) in [6, 6.07) is 11.4. The normalized spacial score (nSPS) is 11.8. The number of halogens is 3. The van der Waals surface area contributed by atoms with E-state index in [1.165, 1.54) is 19.2 Å². The van der Waals surface area contributed by atoms with E-state index in [1.807, 2.05) is 19.2 Å². The van der Waals surface area contributed by atoms with Crippen molar-refractivity contribution in [2.45, 2.75) is 26.6 Å². The van der Waals surface area contributed by atoms with Crippen LogP contribution in [0.15, 0.2) is 48.7 Å². The predicted octanol–water partition coefficient (Wildman–Crippen LogP) is 4.79. The number of carbonyl (C=O) groups is 1. The first-order valence-corrected chi connectivity index (χ1v) is 9.56. The van der Waals surface area contributed by atoms with Gasteiger partial charge in [0.2, 0.25) is 0 Å². The van der Waals surface area contributed by atoms with E-state index in [-0.39, 0.29) is 48.8 Å². The summed E-state index contributed by atoms with van der Waals surface area (Å²) in [5.74, 6) is 0.0190. The van der Waals surface area contributed by atoms with Gasteiger partial charge in [-0.05, 0) is 60.0 Å². The number of pyridine rings is 1. The molecule has 2 N–H and O–H groups in total. The Labute approximate surface area is 198 Å². The van der Waals surface area contributed by atoms with E-state index < -0.39 is 5.82 Å². The molecule has 2 aromatic carbocycles. The summed E-state index contributed by atoms with van der Waals surface area (Å²) in [4.78, 5) is 19.1. The maximum absolute atomic E-state index is 14.3. The number of benzene rings is 2. The summed E-state index contributed by atoms with van der Waals surface area (Å²) in [6.07, 6.45) is 1.81. The highest BCUT2D eigenvalue weighted by molar-refractivity contribution is 5.95. The molecule has 0 unspecified atom stereocenters. The lowest BCUT2D eigenvalue weighted by Gasteiger charge is -2.17. The predicted molar refractivity (Wildman–Crippen MR) is 124 cm³/mol. The van der Waals surface area contributed by atoms with Crippen LogP contribution in [0.25, 0.3) is 0 Å². The van der Waals surface area contributed by atoms with Gasteiger partial charge in [-0.25, -0.2) is 4.39 Å². The molecule has 0 fully saturated rings. The molecule has 4 rings (SSSR count). The molecular weight excluding hydrogens is 456 g/mol. The van der Waals surface area contributed by atoms with E-state index in [0.717, 1.165) is 16.8 Å². The van der Waals surface area contributed by atoms with Gasteiger partial charge in [-0.2, -0.15) is 0 Å². The average Bonchev–Trinajstić information content (AvgIpc) is 3.17. The molecule has 6 nitrogen and oxygen atoms in total. The van der Waals surface area contributed by atoms with Gasteiger partial charge in [0.15, 0.2) is 23.1 Å². The quantitative estimate of drug-likeness (QED) is 0.569. The molecule has 9 heteroatoms. The highest BCUT2D eigenvalue weighted by Crippen LogP contribution is 2.35. The fourth-order valence-corrected chi connectivity index (χ4v) is 3.49. The highest BCUT2D eigenvalue weighted by Gasteiger charge is 2.25. The molecule has 1 aliphatic rings. The first-order chi connectivity index (χ1) is 14.5. The number of amides is 1. The first-order valence-electron chi connectivity index (χ1n) is 9.56. The van der Waals surface area contributed by atoms with Crippen molar-refractivity contribution >= 4 is 30.7 Å². The maximum atomic E-state index is 14.3. The zero-order chi connectivity index (χ0) is 21.3. The third-order valence-corrected chi connectivity index (χ3v) is 5.09. The largest absolute Gasteiger partial charge is 0.493 e. The number of hydrogen-bond donors (Lipinski definition) is 1. The number of nitrogens with zero attached hydrogens (tertiary/aromatic N) is 2. The summed E-state index contributed by atoms with van der Waals surface area (Å²) in [6.45, 7) is 3.18. The Bertz CT molecular complexity index is 1130. The van der Waals surface area contributed by atoms with Gasteiger partial charge in [-0.1, -0.05) is 6.07 Å². The molecule has 3 aromatic rings. The molecule has 0 atom stereocenters. The topological polar surface area (TPSA) is 77.7 Å². The smallest absolute Gasteiger partial charge is 0.254 e. The van der Waals surface area contributed by atoms with E-state index in [1.54, 1.807) is 29.2 Å². The summed E-state index contributed by atoms with van der Waals surface area (Å²) in [7, 11) is 1.49. The third kappa shape index (κ3) is 5.12. The number of carbonyl (C=O) groups excluding carboxylic acids is 1. The van der Waals surface area contributed by atoms with Crippen molar-refractivity contribution in [1.82, 2.24) is 9.88 Å². The Balaban J connectivity index is 0.00000181. The van der Waals surface area contributed by atoms with Crippen LogP contribution in [-0.2, 0) is 19.6 Å². The number of aromatic nitrogens is 1. The van der Waals surface area contributed by atoms with Crippen molar-refractivity contribution in [1.29, 1.82) is 0 Å². The first kappa shape index (κ1) is 25.4. The van der Waals surface area contributed by atoms with Gasteiger partial charge in [-0.15, -0.1) is 24.8 Å². The minimum absolute atomic E-state index is 0. The van der Waals surface area contributed by atoms with E-state index in [4.69, 9.17) is 15.2 Å². The second kappa shape index (κ2) is 10.6. The Morgan fingerprint density at radius 1 is 1.06 bits per heavy atom. The Hall–Kier alpha value is -2.87. The maximum Gasteiger partial charge on any atom is 0.254 e. The minimum atomic E-state index is -0.533. The van der Waals surface area contributed by atoms with Crippen molar-refractivity contribution < 1.29 is 18.7 Å². The van der Waals surface area contributed by atoms with Crippen molar-refractivity contribution in [3.8, 4) is 17.2 Å². The molecule has 0 spiro atoms. The van der Waals surface area contributed by atoms with Gasteiger partial charge in [0.05, 0.1) is 7.11 Å². The lowest BCUT2D eigenvalue weighted by Crippen LogP contribution is -2.25. The molecule has 2 heterocycles. The fraction of sp³-hybridized carbons (Fsp3) is 0.217. The van der Waals surface area contributed by atoms with Gasteiger partial charge < -0.3 is 20.1 Å². The van der Waals surface area contributed by atoms with Crippen molar-refractivity contribution in [2.75, 3.05) is 7.11 Å². The van der Waals surface area contributed by atoms with Gasteiger partial charge in [0, 0.05) is 37.1 Å². The van der Waals surface area contributed by atoms with Crippen molar-refractivity contribution in [3.05, 3.63) is 82.4 Å². The van der Waals surface area contributed by atoms with Gasteiger partial charge in [0.1, 0.15) is 0 Å². The highest BCUT2D eigenvalue weighted by atomic mass is 35.5. The standard InChI is InChI=1S/C23H22FN3O3.2ClH/c1-14-7-17-12-27(13-18(17)11-26-14)23(28)16-4-6-21(29-2)22(9-16)30-20-5-3-15(10-25)8-19(20)24;;/h3-9,11H,10,12-13,25H2,1-2H3;2*1H. The number of hydrogen-bond acceptors (Lipinski definition) is 5. The Kier molecular flexibility index (Phi) is 8.44. The molecule has 1 aromatic heterocycles. The van der Waals surface area contributed by atoms with Crippen LogP contribution in [-0.4, -0.2) is 22.9 Å². The lowest BCUT2D eigenvalue weighted by molar-refractivity contribution is 0.0751. The molecule has 0 radical (unpaired) electrons. The summed E-state index contributed by atoms with van der Waals surface area (Å²) in [5.41, 5.74) is 9.70. The Morgan fingerprint density at radius 2 is 1.78 bits per heavy atom.